The van der Waals surface area contributed by atoms with Crippen LogP contribution < -0.4 is 20.7 Å². The van der Waals surface area contributed by atoms with Gasteiger partial charge in [0.1, 0.15) is 12.4 Å². The fourth-order valence-corrected chi connectivity index (χ4v) is 2.52. The van der Waals surface area contributed by atoms with Crippen LogP contribution in [0, 0.1) is 0 Å². The van der Waals surface area contributed by atoms with E-state index >= 15 is 0 Å². The van der Waals surface area contributed by atoms with Crippen molar-refractivity contribution in [3.8, 4) is 5.75 Å². The van der Waals surface area contributed by atoms with E-state index in [4.69, 9.17) is 9.47 Å². The molecule has 2 aromatic rings. The van der Waals surface area contributed by atoms with E-state index in [-0.39, 0.29) is 18.4 Å². The Morgan fingerprint density at radius 2 is 1.76 bits per heavy atom. The minimum absolute atomic E-state index is 0.0788. The van der Waals surface area contributed by atoms with Crippen LogP contribution in [0.5, 0.6) is 5.75 Å². The zero-order valence-corrected chi connectivity index (χ0v) is 17.0. The van der Waals surface area contributed by atoms with Crippen LogP contribution in [-0.4, -0.2) is 44.7 Å². The van der Waals surface area contributed by atoms with Gasteiger partial charge in [0.15, 0.2) is 0 Å². The average Bonchev–Trinajstić information content (AvgIpc) is 2.74. The van der Waals surface area contributed by atoms with Crippen molar-refractivity contribution in [2.24, 2.45) is 0 Å². The molecule has 0 fully saturated rings. The highest BCUT2D eigenvalue weighted by molar-refractivity contribution is 5.96. The van der Waals surface area contributed by atoms with Crippen molar-refractivity contribution in [1.29, 1.82) is 0 Å². The summed E-state index contributed by atoms with van der Waals surface area (Å²) >= 11 is 0. The lowest BCUT2D eigenvalue weighted by Gasteiger charge is -2.11. The van der Waals surface area contributed by atoms with Crippen molar-refractivity contribution < 1.29 is 19.1 Å². The third kappa shape index (κ3) is 8.23. The molecule has 0 heterocycles. The van der Waals surface area contributed by atoms with Gasteiger partial charge in [0.05, 0.1) is 13.2 Å². The predicted molar refractivity (Wildman–Crippen MR) is 115 cm³/mol. The molecule has 3 N–H and O–H groups in total. The van der Waals surface area contributed by atoms with Gasteiger partial charge >= 0.3 is 0 Å². The van der Waals surface area contributed by atoms with Crippen LogP contribution >= 0.6 is 0 Å². The molecule has 0 unspecified atom stereocenters. The van der Waals surface area contributed by atoms with E-state index in [1.54, 1.807) is 30.3 Å². The Morgan fingerprint density at radius 3 is 2.55 bits per heavy atom. The summed E-state index contributed by atoms with van der Waals surface area (Å²) in [6.07, 6.45) is 0.878. The lowest BCUT2D eigenvalue weighted by molar-refractivity contribution is -0.114. The molecule has 2 amide bonds. The smallest absolute Gasteiger partial charge is 0.251 e. The maximum Gasteiger partial charge on any atom is 0.251 e. The second kappa shape index (κ2) is 12.4. The molecule has 0 aromatic heterocycles. The Balaban J connectivity index is 1.83. The number of nitrogens with one attached hydrogen (secondary N) is 3. The lowest BCUT2D eigenvalue weighted by Crippen LogP contribution is -2.24. The molecule has 0 spiro atoms. The van der Waals surface area contributed by atoms with Gasteiger partial charge in [0.25, 0.3) is 5.91 Å². The Hall–Kier alpha value is -3.06. The van der Waals surface area contributed by atoms with E-state index in [0.717, 1.165) is 6.42 Å². The van der Waals surface area contributed by atoms with Crippen LogP contribution in [0.1, 0.15) is 30.6 Å². The summed E-state index contributed by atoms with van der Waals surface area (Å²) in [6, 6.07) is 14.3. The fourth-order valence-electron chi connectivity index (χ4n) is 2.52. The molecule has 2 aromatic carbocycles. The number of anilines is 2. The van der Waals surface area contributed by atoms with Crippen LogP contribution in [0.2, 0.25) is 0 Å². The van der Waals surface area contributed by atoms with E-state index in [0.29, 0.717) is 49.1 Å². The van der Waals surface area contributed by atoms with Crippen molar-refractivity contribution in [2.45, 2.75) is 20.3 Å². The normalized spacial score (nSPS) is 10.3. The van der Waals surface area contributed by atoms with Crippen molar-refractivity contribution in [3.63, 3.8) is 0 Å². The van der Waals surface area contributed by atoms with Gasteiger partial charge in [0.2, 0.25) is 5.91 Å². The second-order valence-electron chi connectivity index (χ2n) is 6.31. The zero-order valence-electron chi connectivity index (χ0n) is 17.0. The molecule has 0 radical (unpaired) electrons. The lowest BCUT2D eigenvalue weighted by atomic mass is 10.2. The van der Waals surface area contributed by atoms with Gasteiger partial charge in [-0.2, -0.15) is 0 Å². The van der Waals surface area contributed by atoms with Crippen LogP contribution in [0.3, 0.4) is 0 Å². The van der Waals surface area contributed by atoms with Crippen LogP contribution in [0.25, 0.3) is 0 Å². The van der Waals surface area contributed by atoms with E-state index in [1.807, 2.05) is 32.0 Å². The third-order valence-electron chi connectivity index (χ3n) is 3.93. The Labute approximate surface area is 171 Å². The molecule has 7 nitrogen and oxygen atoms in total. The number of carbonyl (C=O) groups is 2. The van der Waals surface area contributed by atoms with E-state index in [9.17, 15) is 9.59 Å². The summed E-state index contributed by atoms with van der Waals surface area (Å²) in [4.78, 5) is 24.3. The first-order valence-electron chi connectivity index (χ1n) is 9.85. The first-order valence-corrected chi connectivity index (χ1v) is 9.85. The molecule has 0 aliphatic rings. The fraction of sp³-hybridized carbons (Fsp3) is 0.364. The second-order valence-corrected chi connectivity index (χ2v) is 6.31. The minimum atomic E-state index is -0.197. The highest BCUT2D eigenvalue weighted by Gasteiger charge is 2.07. The monoisotopic (exact) mass is 399 g/mol. The number of hydrogen-bond acceptors (Lipinski definition) is 5. The van der Waals surface area contributed by atoms with Crippen molar-refractivity contribution in [1.82, 2.24) is 5.32 Å². The molecule has 7 heteroatoms. The first kappa shape index (κ1) is 22.2. The third-order valence-corrected chi connectivity index (χ3v) is 3.93. The molecule has 2 rings (SSSR count). The molecule has 0 saturated heterocycles. The number of hydrogen-bond donors (Lipinski definition) is 3. The summed E-state index contributed by atoms with van der Waals surface area (Å²) in [7, 11) is 0. The van der Waals surface area contributed by atoms with Crippen LogP contribution in [-0.2, 0) is 9.53 Å². The van der Waals surface area contributed by atoms with Crippen molar-refractivity contribution in [2.75, 3.05) is 43.5 Å². The van der Waals surface area contributed by atoms with Gasteiger partial charge in [-0.3, -0.25) is 9.59 Å². The van der Waals surface area contributed by atoms with E-state index in [2.05, 4.69) is 16.0 Å². The highest BCUT2D eigenvalue weighted by Crippen LogP contribution is 2.17. The summed E-state index contributed by atoms with van der Waals surface area (Å²) in [6.45, 7) is 6.27. The number of amides is 2. The predicted octanol–water partition coefficient (Wildman–Crippen LogP) is 3.29. The van der Waals surface area contributed by atoms with Crippen molar-refractivity contribution >= 4 is 23.2 Å². The van der Waals surface area contributed by atoms with Gasteiger partial charge in [-0.15, -0.1) is 0 Å². The molecular formula is C22H29N3O4. The average molecular weight is 399 g/mol. The number of carbonyl (C=O) groups excluding carboxylic acids is 2. The van der Waals surface area contributed by atoms with Gasteiger partial charge in [-0.05, 0) is 43.7 Å². The molecular weight excluding hydrogens is 370 g/mol. The largest absolute Gasteiger partial charge is 0.491 e. The molecule has 156 valence electrons. The SMILES string of the molecule is CCCNC(=O)c1cccc(NCC(=O)Nc2cccc(OCCOCC)c2)c1. The van der Waals surface area contributed by atoms with Crippen molar-refractivity contribution in [3.05, 3.63) is 54.1 Å². The summed E-state index contributed by atoms with van der Waals surface area (Å²) in [5, 5.41) is 8.70. The number of ether oxygens (including phenoxy) is 2. The molecule has 0 aliphatic heterocycles. The zero-order chi connectivity index (χ0) is 20.9. The highest BCUT2D eigenvalue weighted by atomic mass is 16.5. The topological polar surface area (TPSA) is 88.7 Å². The molecule has 0 bridgehead atoms. The standard InChI is InChI=1S/C22H29N3O4/c1-3-11-23-22(27)17-7-5-8-18(14-17)24-16-21(26)25-19-9-6-10-20(15-19)29-13-12-28-4-2/h5-10,14-15,24H,3-4,11-13,16H2,1-2H3,(H,23,27)(H,25,26). The van der Waals surface area contributed by atoms with E-state index in [1.165, 1.54) is 0 Å². The van der Waals surface area contributed by atoms with Gasteiger partial charge in [0, 0.05) is 36.2 Å². The maximum absolute atomic E-state index is 12.2. The molecule has 29 heavy (non-hydrogen) atoms. The summed E-state index contributed by atoms with van der Waals surface area (Å²) < 4.78 is 10.8. The maximum atomic E-state index is 12.2. The quantitative estimate of drug-likeness (QED) is 0.477. The summed E-state index contributed by atoms with van der Waals surface area (Å²) in [5.74, 6) is 0.347. The van der Waals surface area contributed by atoms with Gasteiger partial charge in [-0.25, -0.2) is 0 Å². The van der Waals surface area contributed by atoms with Gasteiger partial charge < -0.3 is 25.4 Å². The molecule has 0 saturated carbocycles. The minimum Gasteiger partial charge on any atom is -0.491 e. The molecule has 0 aliphatic carbocycles. The van der Waals surface area contributed by atoms with Gasteiger partial charge in [-0.1, -0.05) is 19.1 Å². The number of benzene rings is 2. The summed E-state index contributed by atoms with van der Waals surface area (Å²) in [5.41, 5.74) is 1.91. The Morgan fingerprint density at radius 1 is 0.966 bits per heavy atom. The first-order chi connectivity index (χ1) is 14.1. The molecule has 0 atom stereocenters. The van der Waals surface area contributed by atoms with Crippen LogP contribution in [0.4, 0.5) is 11.4 Å². The Kier molecular flexibility index (Phi) is 9.51. The van der Waals surface area contributed by atoms with Crippen LogP contribution in [0.15, 0.2) is 48.5 Å². The Bertz CT molecular complexity index is 795. The number of rotatable bonds is 12. The van der Waals surface area contributed by atoms with E-state index < -0.39 is 0 Å².